The first kappa shape index (κ1) is 18.0. The molecule has 2 aromatic carbocycles. The average Bonchev–Trinajstić information content (AvgIpc) is 3.32. The molecule has 1 atom stereocenters. The Hall–Kier alpha value is -3.35. The second-order valence-corrected chi connectivity index (χ2v) is 7.13. The number of nitrogens with zero attached hydrogens (tertiary/aromatic N) is 1. The summed E-state index contributed by atoms with van der Waals surface area (Å²) in [6, 6.07) is 12.6. The first-order valence-electron chi connectivity index (χ1n) is 9.37. The average molecular weight is 379 g/mol. The van der Waals surface area contributed by atoms with Gasteiger partial charge in [-0.1, -0.05) is 43.2 Å². The Balaban J connectivity index is 1.62. The smallest absolute Gasteiger partial charge is 0.330 e. The van der Waals surface area contributed by atoms with Crippen LogP contribution in [0.4, 0.5) is 0 Å². The zero-order valence-electron chi connectivity index (χ0n) is 15.2. The van der Waals surface area contributed by atoms with Crippen molar-refractivity contribution in [3.8, 4) is 0 Å². The number of amides is 1. The lowest BCUT2D eigenvalue weighted by atomic mass is 10.1. The van der Waals surface area contributed by atoms with Gasteiger partial charge < -0.3 is 15.4 Å². The van der Waals surface area contributed by atoms with E-state index in [0.717, 1.165) is 31.2 Å². The molecule has 7 nitrogen and oxygen atoms in total. The zero-order valence-corrected chi connectivity index (χ0v) is 15.2. The number of aliphatic carboxylic acids is 1. The fourth-order valence-corrected chi connectivity index (χ4v) is 3.94. The summed E-state index contributed by atoms with van der Waals surface area (Å²) in [6.45, 7) is 0. The number of carbonyl (C=O) groups is 2. The summed E-state index contributed by atoms with van der Waals surface area (Å²) < 4.78 is 1.77. The first-order valence-corrected chi connectivity index (χ1v) is 9.37. The minimum absolute atomic E-state index is 0.174. The summed E-state index contributed by atoms with van der Waals surface area (Å²) in [5.74, 6) is -1.64. The summed E-state index contributed by atoms with van der Waals surface area (Å²) in [7, 11) is 0. The number of carboxylic acid groups (broad SMARTS) is 1. The number of aromatic nitrogens is 2. The monoisotopic (exact) mass is 379 g/mol. The Morgan fingerprint density at radius 2 is 1.82 bits per heavy atom. The number of rotatable bonds is 5. The minimum atomic E-state index is -1.15. The molecule has 4 rings (SSSR count). The highest BCUT2D eigenvalue weighted by molar-refractivity contribution is 5.99. The van der Waals surface area contributed by atoms with E-state index in [1.807, 2.05) is 0 Å². The van der Waals surface area contributed by atoms with E-state index in [1.54, 1.807) is 53.1 Å². The molecule has 1 aliphatic carbocycles. The molecule has 1 fully saturated rings. The number of hydrogen-bond donors (Lipinski definition) is 3. The molecular weight excluding hydrogens is 358 g/mol. The van der Waals surface area contributed by atoms with Crippen LogP contribution in [-0.4, -0.2) is 26.5 Å². The van der Waals surface area contributed by atoms with Gasteiger partial charge in [-0.3, -0.25) is 9.36 Å². The van der Waals surface area contributed by atoms with Gasteiger partial charge in [-0.15, -0.1) is 0 Å². The molecule has 28 heavy (non-hydrogen) atoms. The molecule has 1 aromatic heterocycles. The van der Waals surface area contributed by atoms with E-state index in [-0.39, 0.29) is 11.7 Å². The number of hydrogen-bond acceptors (Lipinski definition) is 3. The molecule has 0 bridgehead atoms. The standard InChI is InChI=1S/C21H21N3O4/c25-19(23-18(20(26)27)13-6-2-1-3-7-13)14-10-11-17-16(12-14)22-21(28)24(17)15-8-4-5-9-15/h1-3,6-7,10-12,15,18H,4-5,8-9H2,(H,22,28)(H,23,25)(H,26,27)/t18-/m1/s1. The third kappa shape index (κ3) is 3.31. The van der Waals surface area contributed by atoms with Crippen molar-refractivity contribution in [2.45, 2.75) is 37.8 Å². The van der Waals surface area contributed by atoms with Gasteiger partial charge in [0, 0.05) is 11.6 Å². The van der Waals surface area contributed by atoms with Crippen LogP contribution in [-0.2, 0) is 4.79 Å². The van der Waals surface area contributed by atoms with Gasteiger partial charge in [-0.25, -0.2) is 9.59 Å². The first-order chi connectivity index (χ1) is 13.5. The fourth-order valence-electron chi connectivity index (χ4n) is 3.94. The zero-order chi connectivity index (χ0) is 19.7. The molecule has 1 heterocycles. The van der Waals surface area contributed by atoms with Crippen LogP contribution in [0, 0.1) is 0 Å². The maximum absolute atomic E-state index is 12.7. The Bertz CT molecular complexity index is 1080. The van der Waals surface area contributed by atoms with E-state index in [4.69, 9.17) is 0 Å². The van der Waals surface area contributed by atoms with Gasteiger partial charge in [0.15, 0.2) is 6.04 Å². The molecule has 7 heteroatoms. The Morgan fingerprint density at radius 3 is 2.50 bits per heavy atom. The van der Waals surface area contributed by atoms with Crippen LogP contribution in [0.5, 0.6) is 0 Å². The molecule has 0 unspecified atom stereocenters. The number of aromatic amines is 1. The van der Waals surface area contributed by atoms with Gasteiger partial charge in [-0.2, -0.15) is 0 Å². The Kier molecular flexibility index (Phi) is 4.73. The lowest BCUT2D eigenvalue weighted by Crippen LogP contribution is -2.33. The van der Waals surface area contributed by atoms with Crippen molar-refractivity contribution in [1.29, 1.82) is 0 Å². The number of fused-ring (bicyclic) bond motifs is 1. The highest BCUT2D eigenvalue weighted by atomic mass is 16.4. The number of carbonyl (C=O) groups excluding carboxylic acids is 1. The molecule has 3 aromatic rings. The van der Waals surface area contributed by atoms with Crippen LogP contribution >= 0.6 is 0 Å². The van der Waals surface area contributed by atoms with Gasteiger partial charge in [0.25, 0.3) is 5.91 Å². The highest BCUT2D eigenvalue weighted by Crippen LogP contribution is 2.30. The third-order valence-corrected chi connectivity index (χ3v) is 5.32. The van der Waals surface area contributed by atoms with Gasteiger partial charge in [0.2, 0.25) is 0 Å². The third-order valence-electron chi connectivity index (χ3n) is 5.32. The van der Waals surface area contributed by atoms with Gasteiger partial charge in [-0.05, 0) is 36.6 Å². The van der Waals surface area contributed by atoms with E-state index in [0.29, 0.717) is 16.6 Å². The van der Waals surface area contributed by atoms with Crippen LogP contribution < -0.4 is 11.0 Å². The van der Waals surface area contributed by atoms with Crippen LogP contribution in [0.15, 0.2) is 53.3 Å². The summed E-state index contributed by atoms with van der Waals surface area (Å²) in [6.07, 6.45) is 4.18. The molecule has 3 N–H and O–H groups in total. The molecule has 1 aliphatic rings. The topological polar surface area (TPSA) is 104 Å². The largest absolute Gasteiger partial charge is 0.479 e. The predicted octanol–water partition coefficient (Wildman–Crippen LogP) is 3.00. The number of H-pyrrole nitrogens is 1. The minimum Gasteiger partial charge on any atom is -0.479 e. The molecule has 1 amide bonds. The van der Waals surface area contributed by atoms with Crippen molar-refractivity contribution >= 4 is 22.9 Å². The molecule has 1 saturated carbocycles. The normalized spacial score (nSPS) is 15.6. The SMILES string of the molecule is O=C(N[C@@H](C(=O)O)c1ccccc1)c1ccc2c(c1)[nH]c(=O)n2C1CCCC1. The van der Waals surface area contributed by atoms with E-state index < -0.39 is 17.9 Å². The number of benzene rings is 2. The molecule has 0 aliphatic heterocycles. The maximum Gasteiger partial charge on any atom is 0.330 e. The van der Waals surface area contributed by atoms with Crippen LogP contribution in [0.3, 0.4) is 0 Å². The van der Waals surface area contributed by atoms with E-state index in [1.165, 1.54) is 0 Å². The van der Waals surface area contributed by atoms with Gasteiger partial charge >= 0.3 is 11.7 Å². The second kappa shape index (κ2) is 7.34. The highest BCUT2D eigenvalue weighted by Gasteiger charge is 2.24. The molecule has 0 spiro atoms. The van der Waals surface area contributed by atoms with Crippen molar-refractivity contribution in [3.05, 3.63) is 70.1 Å². The lowest BCUT2D eigenvalue weighted by Gasteiger charge is -2.15. The second-order valence-electron chi connectivity index (χ2n) is 7.13. The van der Waals surface area contributed by atoms with Crippen molar-refractivity contribution in [2.75, 3.05) is 0 Å². The van der Waals surface area contributed by atoms with Crippen molar-refractivity contribution in [3.63, 3.8) is 0 Å². The molecule has 144 valence electrons. The number of nitrogens with one attached hydrogen (secondary N) is 2. The Morgan fingerprint density at radius 1 is 1.11 bits per heavy atom. The van der Waals surface area contributed by atoms with E-state index >= 15 is 0 Å². The molecular formula is C21H21N3O4. The quantitative estimate of drug-likeness (QED) is 0.634. The van der Waals surface area contributed by atoms with Crippen molar-refractivity contribution < 1.29 is 14.7 Å². The summed E-state index contributed by atoms with van der Waals surface area (Å²) in [5, 5.41) is 12.0. The number of carboxylic acids is 1. The summed E-state index contributed by atoms with van der Waals surface area (Å²) in [5.41, 5.74) is 1.97. The maximum atomic E-state index is 12.7. The van der Waals surface area contributed by atoms with Gasteiger partial charge in [0.05, 0.1) is 11.0 Å². The van der Waals surface area contributed by atoms with E-state index in [2.05, 4.69) is 10.3 Å². The molecule has 0 radical (unpaired) electrons. The predicted molar refractivity (Wildman–Crippen MR) is 104 cm³/mol. The summed E-state index contributed by atoms with van der Waals surface area (Å²) >= 11 is 0. The summed E-state index contributed by atoms with van der Waals surface area (Å²) in [4.78, 5) is 39.5. The van der Waals surface area contributed by atoms with Gasteiger partial charge in [0.1, 0.15) is 0 Å². The van der Waals surface area contributed by atoms with Crippen LogP contribution in [0.2, 0.25) is 0 Å². The van der Waals surface area contributed by atoms with Crippen LogP contribution in [0.25, 0.3) is 11.0 Å². The molecule has 0 saturated heterocycles. The van der Waals surface area contributed by atoms with Crippen molar-refractivity contribution in [1.82, 2.24) is 14.9 Å². The Labute approximate surface area is 161 Å². The van der Waals surface area contributed by atoms with E-state index in [9.17, 15) is 19.5 Å². The van der Waals surface area contributed by atoms with Crippen molar-refractivity contribution in [2.24, 2.45) is 0 Å². The van der Waals surface area contributed by atoms with Crippen LogP contribution in [0.1, 0.15) is 53.7 Å². The lowest BCUT2D eigenvalue weighted by molar-refractivity contribution is -0.139. The fraction of sp³-hybridized carbons (Fsp3) is 0.286. The number of imidazole rings is 1.